The molecule has 0 aromatic heterocycles. The van der Waals surface area contributed by atoms with Crippen LogP contribution in [-0.2, 0) is 16.1 Å². The lowest BCUT2D eigenvalue weighted by Gasteiger charge is -2.19. The summed E-state index contributed by atoms with van der Waals surface area (Å²) in [6.45, 7) is 6.22. The monoisotopic (exact) mass is 512 g/mol. The van der Waals surface area contributed by atoms with Gasteiger partial charge in [0.1, 0.15) is 6.61 Å². The van der Waals surface area contributed by atoms with Gasteiger partial charge in [-0.05, 0) is 37.8 Å². The molecule has 0 amide bonds. The number of Topliss-reactive ketones (excluding diaryl/α,β-unsaturated/α-hetero) is 3. The Morgan fingerprint density at radius 3 is 1.95 bits per heavy atom. The van der Waals surface area contributed by atoms with Crippen LogP contribution in [0.15, 0.2) is 24.3 Å². The van der Waals surface area contributed by atoms with Crippen molar-refractivity contribution in [2.75, 3.05) is 0 Å². The van der Waals surface area contributed by atoms with Crippen molar-refractivity contribution >= 4 is 29.3 Å². The first-order valence-electron chi connectivity index (χ1n) is 12.2. The summed E-state index contributed by atoms with van der Waals surface area (Å²) in [5.41, 5.74) is -0.769. The van der Waals surface area contributed by atoms with E-state index in [4.69, 9.17) is 9.47 Å². The van der Waals surface area contributed by atoms with Crippen molar-refractivity contribution in [3.8, 4) is 17.2 Å². The van der Waals surface area contributed by atoms with E-state index in [0.29, 0.717) is 30.4 Å². The van der Waals surface area contributed by atoms with E-state index >= 15 is 0 Å². The molecule has 2 N–H and O–H groups in total. The number of ether oxygens (including phenoxy) is 2. The predicted molar refractivity (Wildman–Crippen MR) is 134 cm³/mol. The highest BCUT2D eigenvalue weighted by Gasteiger charge is 2.36. The molecule has 0 aliphatic carbocycles. The van der Waals surface area contributed by atoms with Crippen LogP contribution in [0.3, 0.4) is 0 Å². The van der Waals surface area contributed by atoms with Crippen LogP contribution in [0.5, 0.6) is 17.2 Å². The van der Waals surface area contributed by atoms with E-state index in [1.807, 2.05) is 0 Å². The zero-order valence-corrected chi connectivity index (χ0v) is 21.5. The summed E-state index contributed by atoms with van der Waals surface area (Å²) in [4.78, 5) is 63.5. The molecule has 0 aliphatic heterocycles. The quantitative estimate of drug-likeness (QED) is 0.157. The third-order valence-corrected chi connectivity index (χ3v) is 5.49. The van der Waals surface area contributed by atoms with E-state index in [2.05, 4.69) is 0 Å². The first kappa shape index (κ1) is 29.2. The van der Waals surface area contributed by atoms with Crippen molar-refractivity contribution < 1.29 is 43.7 Å². The maximum absolute atomic E-state index is 13.4. The Bertz CT molecular complexity index is 1210. The standard InChI is InChI=1S/C28H32O9/c1-5-9-19(30)22-24(28(35)36-15-17-12-8-13-18(14-17)16(4)29)23(20(31)10-6-2)27(26(34)25(22)33)37-21(32)11-7-3/h8,12-14,33-34H,5-7,9-11,15H2,1-4H3. The topological polar surface area (TPSA) is 144 Å². The number of ketones is 3. The number of rotatable bonds is 13. The predicted octanol–water partition coefficient (Wildman–Crippen LogP) is 5.33. The number of esters is 2. The zero-order valence-electron chi connectivity index (χ0n) is 21.5. The highest BCUT2D eigenvalue weighted by molar-refractivity contribution is 6.17. The second kappa shape index (κ2) is 13.3. The second-order valence-electron chi connectivity index (χ2n) is 8.55. The molecule has 198 valence electrons. The van der Waals surface area contributed by atoms with Gasteiger partial charge in [0.05, 0.1) is 16.7 Å². The largest absolute Gasteiger partial charge is 0.504 e. The van der Waals surface area contributed by atoms with Crippen LogP contribution in [0.25, 0.3) is 0 Å². The van der Waals surface area contributed by atoms with Gasteiger partial charge in [-0.3, -0.25) is 19.2 Å². The van der Waals surface area contributed by atoms with E-state index in [0.717, 1.165) is 0 Å². The van der Waals surface area contributed by atoms with Crippen LogP contribution >= 0.6 is 0 Å². The Balaban J connectivity index is 2.72. The number of hydrogen-bond acceptors (Lipinski definition) is 9. The van der Waals surface area contributed by atoms with Gasteiger partial charge >= 0.3 is 11.9 Å². The van der Waals surface area contributed by atoms with Crippen molar-refractivity contribution in [2.45, 2.75) is 72.8 Å². The van der Waals surface area contributed by atoms with Crippen LogP contribution in [0.2, 0.25) is 0 Å². The van der Waals surface area contributed by atoms with E-state index < -0.39 is 57.4 Å². The number of carbonyl (C=O) groups excluding carboxylic acids is 5. The molecule has 2 aromatic rings. The number of phenols is 2. The molecule has 0 spiro atoms. The van der Waals surface area contributed by atoms with Gasteiger partial charge in [-0.1, -0.05) is 39.0 Å². The minimum absolute atomic E-state index is 0.0512. The smallest absolute Gasteiger partial charge is 0.340 e. The lowest BCUT2D eigenvalue weighted by atomic mass is 9.90. The van der Waals surface area contributed by atoms with Gasteiger partial charge in [-0.25, -0.2) is 4.79 Å². The molecule has 0 heterocycles. The van der Waals surface area contributed by atoms with Gasteiger partial charge in [0, 0.05) is 24.8 Å². The van der Waals surface area contributed by atoms with Gasteiger partial charge in [-0.2, -0.15) is 0 Å². The molecule has 0 atom stereocenters. The minimum atomic E-state index is -1.13. The summed E-state index contributed by atoms with van der Waals surface area (Å²) in [6, 6.07) is 6.38. The van der Waals surface area contributed by atoms with Crippen LogP contribution in [0.1, 0.15) is 113 Å². The molecule has 9 heteroatoms. The molecule has 0 saturated heterocycles. The normalized spacial score (nSPS) is 10.6. The number of benzene rings is 2. The summed E-state index contributed by atoms with van der Waals surface area (Å²) in [5, 5.41) is 21.4. The summed E-state index contributed by atoms with van der Waals surface area (Å²) in [6.07, 6.45) is 0.884. The Hall–Kier alpha value is -4.01. The van der Waals surface area contributed by atoms with E-state index in [1.165, 1.54) is 13.0 Å². The number of carbonyl (C=O) groups is 5. The van der Waals surface area contributed by atoms with Crippen molar-refractivity contribution in [2.24, 2.45) is 0 Å². The fraction of sp³-hybridized carbons (Fsp3) is 0.393. The molecule has 0 bridgehead atoms. The lowest BCUT2D eigenvalue weighted by Crippen LogP contribution is -2.20. The van der Waals surface area contributed by atoms with Gasteiger partial charge in [0.2, 0.25) is 5.75 Å². The average molecular weight is 513 g/mol. The maximum atomic E-state index is 13.4. The molecule has 0 aliphatic rings. The molecule has 0 unspecified atom stereocenters. The lowest BCUT2D eigenvalue weighted by molar-refractivity contribution is -0.134. The highest BCUT2D eigenvalue weighted by Crippen LogP contribution is 2.46. The molecule has 2 aromatic carbocycles. The van der Waals surface area contributed by atoms with Crippen molar-refractivity contribution in [3.05, 3.63) is 52.1 Å². The number of aromatic hydroxyl groups is 2. The molecule has 0 fully saturated rings. The molecular weight excluding hydrogens is 480 g/mol. The first-order valence-corrected chi connectivity index (χ1v) is 12.2. The van der Waals surface area contributed by atoms with Gasteiger partial charge < -0.3 is 19.7 Å². The third-order valence-electron chi connectivity index (χ3n) is 5.49. The summed E-state index contributed by atoms with van der Waals surface area (Å²) >= 11 is 0. The average Bonchev–Trinajstić information content (AvgIpc) is 2.85. The van der Waals surface area contributed by atoms with Crippen LogP contribution in [0, 0.1) is 0 Å². The number of phenolic OH excluding ortho intramolecular Hbond substituents is 2. The Morgan fingerprint density at radius 2 is 1.38 bits per heavy atom. The van der Waals surface area contributed by atoms with Gasteiger partial charge in [0.25, 0.3) is 0 Å². The Labute approximate surface area is 215 Å². The maximum Gasteiger partial charge on any atom is 0.340 e. The van der Waals surface area contributed by atoms with Crippen LogP contribution in [-0.4, -0.2) is 39.5 Å². The Kier molecular flexibility index (Phi) is 10.5. The minimum Gasteiger partial charge on any atom is -0.504 e. The SMILES string of the molecule is CCCC(=O)Oc1c(O)c(O)c(C(=O)CCC)c(C(=O)OCc2cccc(C(C)=O)c2)c1C(=O)CCC. The summed E-state index contributed by atoms with van der Waals surface area (Å²) in [7, 11) is 0. The first-order chi connectivity index (χ1) is 17.6. The molecule has 2 rings (SSSR count). The summed E-state index contributed by atoms with van der Waals surface area (Å²) < 4.78 is 10.6. The second-order valence-corrected chi connectivity index (χ2v) is 8.55. The van der Waals surface area contributed by atoms with E-state index in [9.17, 15) is 34.2 Å². The van der Waals surface area contributed by atoms with Crippen LogP contribution < -0.4 is 4.74 Å². The van der Waals surface area contributed by atoms with Crippen molar-refractivity contribution in [1.29, 1.82) is 0 Å². The molecule has 0 radical (unpaired) electrons. The van der Waals surface area contributed by atoms with Gasteiger partial charge in [0.15, 0.2) is 28.8 Å². The zero-order chi connectivity index (χ0) is 27.7. The van der Waals surface area contributed by atoms with E-state index in [1.54, 1.807) is 39.0 Å². The highest BCUT2D eigenvalue weighted by atomic mass is 16.5. The van der Waals surface area contributed by atoms with E-state index in [-0.39, 0.29) is 31.7 Å². The fourth-order valence-electron chi connectivity index (χ4n) is 3.72. The molecule has 37 heavy (non-hydrogen) atoms. The van der Waals surface area contributed by atoms with Crippen molar-refractivity contribution in [1.82, 2.24) is 0 Å². The van der Waals surface area contributed by atoms with Crippen molar-refractivity contribution in [3.63, 3.8) is 0 Å². The fourth-order valence-corrected chi connectivity index (χ4v) is 3.72. The van der Waals surface area contributed by atoms with Gasteiger partial charge in [-0.15, -0.1) is 0 Å². The number of hydrogen-bond donors (Lipinski definition) is 2. The molecular formula is C28H32O9. The van der Waals surface area contributed by atoms with Crippen LogP contribution in [0.4, 0.5) is 0 Å². The Morgan fingerprint density at radius 1 is 0.784 bits per heavy atom. The molecule has 9 nitrogen and oxygen atoms in total. The third kappa shape index (κ3) is 7.03. The molecule has 0 saturated carbocycles. The summed E-state index contributed by atoms with van der Waals surface area (Å²) in [5.74, 6) is -6.12.